The van der Waals surface area contributed by atoms with Crippen molar-refractivity contribution >= 4 is 34.5 Å². The first-order chi connectivity index (χ1) is 9.67. The number of hydrogen-bond acceptors (Lipinski definition) is 2. The molecular formula is C16H17Cl2NS. The van der Waals surface area contributed by atoms with Gasteiger partial charge in [-0.2, -0.15) is 0 Å². The van der Waals surface area contributed by atoms with Gasteiger partial charge in [0.05, 0.1) is 8.67 Å². The van der Waals surface area contributed by atoms with Crippen LogP contribution in [0, 0.1) is 0 Å². The van der Waals surface area contributed by atoms with Crippen molar-refractivity contribution in [3.05, 3.63) is 56.2 Å². The SMILES string of the molecule is CCNC(c1cc(Cl)sc1Cl)C1(c2ccccc2)CC1. The predicted molar refractivity (Wildman–Crippen MR) is 88.1 cm³/mol. The summed E-state index contributed by atoms with van der Waals surface area (Å²) >= 11 is 14.0. The number of hydrogen-bond donors (Lipinski definition) is 1. The highest BCUT2D eigenvalue weighted by Gasteiger charge is 2.51. The Morgan fingerprint density at radius 1 is 1.25 bits per heavy atom. The zero-order valence-electron chi connectivity index (χ0n) is 11.3. The fourth-order valence-electron chi connectivity index (χ4n) is 3.01. The molecule has 0 radical (unpaired) electrons. The molecule has 0 amide bonds. The first kappa shape index (κ1) is 14.4. The summed E-state index contributed by atoms with van der Waals surface area (Å²) < 4.78 is 1.57. The Balaban J connectivity index is 2.01. The van der Waals surface area contributed by atoms with Gasteiger partial charge in [-0.05, 0) is 31.0 Å². The lowest BCUT2D eigenvalue weighted by atomic mass is 9.85. The van der Waals surface area contributed by atoms with Crippen LogP contribution in [0.2, 0.25) is 8.67 Å². The Kier molecular flexibility index (Phi) is 4.09. The molecule has 20 heavy (non-hydrogen) atoms. The Hall–Kier alpha value is -0.540. The van der Waals surface area contributed by atoms with Crippen molar-refractivity contribution in [2.24, 2.45) is 0 Å². The molecule has 1 atom stereocenters. The third-order valence-corrected chi connectivity index (χ3v) is 5.61. The molecule has 1 heterocycles. The van der Waals surface area contributed by atoms with Gasteiger partial charge < -0.3 is 5.32 Å². The van der Waals surface area contributed by atoms with E-state index in [2.05, 4.69) is 42.6 Å². The van der Waals surface area contributed by atoms with Crippen molar-refractivity contribution in [1.29, 1.82) is 0 Å². The maximum Gasteiger partial charge on any atom is 0.0992 e. The summed E-state index contributed by atoms with van der Waals surface area (Å²) in [5.41, 5.74) is 2.71. The van der Waals surface area contributed by atoms with E-state index in [9.17, 15) is 0 Å². The molecule has 0 saturated heterocycles. The maximum absolute atomic E-state index is 6.39. The maximum atomic E-state index is 6.39. The largest absolute Gasteiger partial charge is 0.309 e. The minimum absolute atomic E-state index is 0.172. The average molecular weight is 326 g/mol. The third kappa shape index (κ3) is 2.50. The fraction of sp³-hybridized carbons (Fsp3) is 0.375. The van der Waals surface area contributed by atoms with E-state index in [0.717, 1.165) is 20.8 Å². The molecule has 106 valence electrons. The summed E-state index contributed by atoms with van der Waals surface area (Å²) in [4.78, 5) is 0. The molecule has 0 aliphatic heterocycles. The van der Waals surface area contributed by atoms with Gasteiger partial charge >= 0.3 is 0 Å². The molecule has 1 aliphatic carbocycles. The quantitative estimate of drug-likeness (QED) is 0.772. The molecule has 1 aromatic heterocycles. The van der Waals surface area contributed by atoms with Crippen LogP contribution in [0.25, 0.3) is 0 Å². The first-order valence-corrected chi connectivity index (χ1v) is 8.48. The summed E-state index contributed by atoms with van der Waals surface area (Å²) in [6, 6.07) is 13.0. The van der Waals surface area contributed by atoms with Crippen LogP contribution in [0.5, 0.6) is 0 Å². The summed E-state index contributed by atoms with van der Waals surface area (Å²) in [6.07, 6.45) is 2.39. The van der Waals surface area contributed by atoms with Gasteiger partial charge in [-0.15, -0.1) is 11.3 Å². The Bertz CT molecular complexity index is 590. The van der Waals surface area contributed by atoms with Crippen LogP contribution < -0.4 is 5.32 Å². The first-order valence-electron chi connectivity index (χ1n) is 6.91. The lowest BCUT2D eigenvalue weighted by molar-refractivity contribution is 0.440. The van der Waals surface area contributed by atoms with Gasteiger partial charge in [-0.1, -0.05) is 60.5 Å². The Labute approximate surface area is 133 Å². The van der Waals surface area contributed by atoms with E-state index < -0.39 is 0 Å². The molecular weight excluding hydrogens is 309 g/mol. The van der Waals surface area contributed by atoms with Crippen LogP contribution in [0.15, 0.2) is 36.4 Å². The van der Waals surface area contributed by atoms with E-state index >= 15 is 0 Å². The van der Waals surface area contributed by atoms with Gasteiger partial charge in [0, 0.05) is 17.0 Å². The number of benzene rings is 1. The molecule has 1 unspecified atom stereocenters. The molecule has 1 fully saturated rings. The van der Waals surface area contributed by atoms with E-state index in [1.165, 1.54) is 29.7 Å². The topological polar surface area (TPSA) is 12.0 Å². The van der Waals surface area contributed by atoms with Crippen LogP contribution in [-0.2, 0) is 5.41 Å². The molecule has 4 heteroatoms. The number of thiophene rings is 1. The molecule has 3 rings (SSSR count). The number of halogens is 2. The molecule has 0 spiro atoms. The Morgan fingerprint density at radius 3 is 2.45 bits per heavy atom. The van der Waals surface area contributed by atoms with E-state index in [1.807, 2.05) is 6.07 Å². The van der Waals surface area contributed by atoms with Crippen LogP contribution in [0.3, 0.4) is 0 Å². The van der Waals surface area contributed by atoms with Gasteiger partial charge in [-0.3, -0.25) is 0 Å². The van der Waals surface area contributed by atoms with Gasteiger partial charge in [0.15, 0.2) is 0 Å². The highest BCUT2D eigenvalue weighted by molar-refractivity contribution is 7.20. The standard InChI is InChI=1S/C16H17Cl2NS/c1-2-19-14(12-10-13(17)20-15(12)18)16(8-9-16)11-6-4-3-5-7-11/h3-7,10,14,19H,2,8-9H2,1H3. The van der Waals surface area contributed by atoms with Crippen molar-refractivity contribution < 1.29 is 0 Å². The second kappa shape index (κ2) is 5.69. The zero-order valence-corrected chi connectivity index (χ0v) is 13.7. The average Bonchev–Trinajstić information content (AvgIpc) is 3.18. The van der Waals surface area contributed by atoms with Crippen LogP contribution >= 0.6 is 34.5 Å². The molecule has 2 aromatic rings. The van der Waals surface area contributed by atoms with Crippen molar-refractivity contribution in [3.8, 4) is 0 Å². The van der Waals surface area contributed by atoms with Gasteiger partial charge in [-0.25, -0.2) is 0 Å². The minimum atomic E-state index is 0.172. The van der Waals surface area contributed by atoms with E-state index in [0.29, 0.717) is 0 Å². The van der Waals surface area contributed by atoms with Crippen molar-refractivity contribution in [2.45, 2.75) is 31.2 Å². The lowest BCUT2D eigenvalue weighted by Gasteiger charge is -2.28. The zero-order chi connectivity index (χ0) is 14.2. The van der Waals surface area contributed by atoms with Crippen molar-refractivity contribution in [2.75, 3.05) is 6.54 Å². The number of rotatable bonds is 5. The van der Waals surface area contributed by atoms with Crippen LogP contribution in [0.1, 0.15) is 36.9 Å². The minimum Gasteiger partial charge on any atom is -0.309 e. The molecule has 1 saturated carbocycles. The molecule has 1 aliphatic rings. The van der Waals surface area contributed by atoms with Crippen LogP contribution in [0.4, 0.5) is 0 Å². The van der Waals surface area contributed by atoms with E-state index in [1.54, 1.807) is 0 Å². The Morgan fingerprint density at radius 2 is 1.95 bits per heavy atom. The second-order valence-corrected chi connectivity index (χ2v) is 7.58. The monoisotopic (exact) mass is 325 g/mol. The highest BCUT2D eigenvalue weighted by Crippen LogP contribution is 2.58. The molecule has 1 N–H and O–H groups in total. The van der Waals surface area contributed by atoms with Crippen molar-refractivity contribution in [1.82, 2.24) is 5.32 Å². The van der Waals surface area contributed by atoms with Crippen molar-refractivity contribution in [3.63, 3.8) is 0 Å². The summed E-state index contributed by atoms with van der Waals surface area (Å²) in [5.74, 6) is 0. The number of nitrogens with one attached hydrogen (secondary N) is 1. The third-order valence-electron chi connectivity index (χ3n) is 4.09. The van der Waals surface area contributed by atoms with Gasteiger partial charge in [0.1, 0.15) is 0 Å². The van der Waals surface area contributed by atoms with E-state index in [-0.39, 0.29) is 11.5 Å². The normalized spacial score (nSPS) is 17.9. The highest BCUT2D eigenvalue weighted by atomic mass is 35.5. The lowest BCUT2D eigenvalue weighted by Crippen LogP contribution is -2.32. The van der Waals surface area contributed by atoms with Crippen LogP contribution in [-0.4, -0.2) is 6.54 Å². The molecule has 1 aromatic carbocycles. The smallest absolute Gasteiger partial charge is 0.0992 e. The van der Waals surface area contributed by atoms with Gasteiger partial charge in [0.2, 0.25) is 0 Å². The molecule has 0 bridgehead atoms. The predicted octanol–water partition coefficient (Wildman–Crippen LogP) is 5.44. The number of likely N-dealkylation sites (N-methyl/N-ethyl adjacent to an activating group) is 1. The summed E-state index contributed by atoms with van der Waals surface area (Å²) in [7, 11) is 0. The summed E-state index contributed by atoms with van der Waals surface area (Å²) in [6.45, 7) is 3.05. The van der Waals surface area contributed by atoms with Gasteiger partial charge in [0.25, 0.3) is 0 Å². The summed E-state index contributed by atoms with van der Waals surface area (Å²) in [5, 5.41) is 3.62. The fourth-order valence-corrected chi connectivity index (χ4v) is 4.54. The van der Waals surface area contributed by atoms with E-state index in [4.69, 9.17) is 23.2 Å². The second-order valence-electron chi connectivity index (χ2n) is 5.29. The molecule has 1 nitrogen and oxygen atoms in total.